The highest BCUT2D eigenvalue weighted by Crippen LogP contribution is 2.32. The SMILES string of the molecule is Cc1cccc(C)c1NC(=O)CCNc1ccc2c(c1)OCCO2. The third-order valence-corrected chi connectivity index (χ3v) is 3.97. The predicted molar refractivity (Wildman–Crippen MR) is 95.1 cm³/mol. The number of hydrogen-bond donors (Lipinski definition) is 2. The zero-order valence-electron chi connectivity index (χ0n) is 14.0. The van der Waals surface area contributed by atoms with Gasteiger partial charge in [0.15, 0.2) is 11.5 Å². The minimum atomic E-state index is -0.00237. The summed E-state index contributed by atoms with van der Waals surface area (Å²) in [6, 6.07) is 11.7. The van der Waals surface area contributed by atoms with E-state index in [0.717, 1.165) is 34.0 Å². The molecule has 0 aliphatic carbocycles. The number of ether oxygens (including phenoxy) is 2. The summed E-state index contributed by atoms with van der Waals surface area (Å²) < 4.78 is 11.0. The number of nitrogens with one attached hydrogen (secondary N) is 2. The van der Waals surface area contributed by atoms with Crippen molar-refractivity contribution in [3.63, 3.8) is 0 Å². The van der Waals surface area contributed by atoms with Gasteiger partial charge in [-0.25, -0.2) is 0 Å². The van der Waals surface area contributed by atoms with Crippen LogP contribution in [0.5, 0.6) is 11.5 Å². The molecule has 5 heteroatoms. The maximum atomic E-state index is 12.1. The lowest BCUT2D eigenvalue weighted by Crippen LogP contribution is -2.18. The summed E-state index contributed by atoms with van der Waals surface area (Å²) >= 11 is 0. The summed E-state index contributed by atoms with van der Waals surface area (Å²) in [7, 11) is 0. The zero-order valence-corrected chi connectivity index (χ0v) is 14.0. The first kappa shape index (κ1) is 16.2. The molecular formula is C19H22N2O3. The average Bonchev–Trinajstić information content (AvgIpc) is 2.58. The number of benzene rings is 2. The Kier molecular flexibility index (Phi) is 4.89. The molecule has 0 saturated carbocycles. The van der Waals surface area contributed by atoms with Crippen LogP contribution in [0.1, 0.15) is 17.5 Å². The van der Waals surface area contributed by atoms with Crippen LogP contribution in [0.3, 0.4) is 0 Å². The Hall–Kier alpha value is -2.69. The Morgan fingerprint density at radius 2 is 1.75 bits per heavy atom. The van der Waals surface area contributed by atoms with E-state index in [-0.39, 0.29) is 5.91 Å². The van der Waals surface area contributed by atoms with Crippen LogP contribution in [-0.4, -0.2) is 25.7 Å². The Morgan fingerprint density at radius 3 is 2.50 bits per heavy atom. The Morgan fingerprint density at radius 1 is 1.04 bits per heavy atom. The summed E-state index contributed by atoms with van der Waals surface area (Å²) in [4.78, 5) is 12.1. The van der Waals surface area contributed by atoms with Gasteiger partial charge in [0.05, 0.1) is 0 Å². The lowest BCUT2D eigenvalue weighted by atomic mass is 10.1. The summed E-state index contributed by atoms with van der Waals surface area (Å²) in [5.74, 6) is 1.50. The van der Waals surface area contributed by atoms with Gasteiger partial charge in [-0.3, -0.25) is 4.79 Å². The fourth-order valence-electron chi connectivity index (χ4n) is 2.69. The van der Waals surface area contributed by atoms with E-state index in [4.69, 9.17) is 9.47 Å². The molecule has 2 aromatic carbocycles. The van der Waals surface area contributed by atoms with Crippen molar-refractivity contribution in [3.8, 4) is 11.5 Å². The molecule has 1 heterocycles. The summed E-state index contributed by atoms with van der Waals surface area (Å²) in [5, 5.41) is 6.24. The third-order valence-electron chi connectivity index (χ3n) is 3.97. The van der Waals surface area contributed by atoms with Crippen molar-refractivity contribution in [3.05, 3.63) is 47.5 Å². The molecule has 24 heavy (non-hydrogen) atoms. The Balaban J connectivity index is 1.52. The highest BCUT2D eigenvalue weighted by atomic mass is 16.6. The fraction of sp³-hybridized carbons (Fsp3) is 0.316. The third kappa shape index (κ3) is 3.79. The van der Waals surface area contributed by atoms with Crippen LogP contribution in [0.25, 0.3) is 0 Å². The molecule has 0 bridgehead atoms. The first-order valence-electron chi connectivity index (χ1n) is 8.13. The number of amides is 1. The molecule has 5 nitrogen and oxygen atoms in total. The maximum absolute atomic E-state index is 12.1. The number of carbonyl (C=O) groups is 1. The van der Waals surface area contributed by atoms with Crippen LogP contribution in [-0.2, 0) is 4.79 Å². The van der Waals surface area contributed by atoms with E-state index < -0.39 is 0 Å². The minimum Gasteiger partial charge on any atom is -0.486 e. The lowest BCUT2D eigenvalue weighted by molar-refractivity contribution is -0.115. The average molecular weight is 326 g/mol. The van der Waals surface area contributed by atoms with E-state index in [1.165, 1.54) is 0 Å². The van der Waals surface area contributed by atoms with E-state index in [2.05, 4.69) is 10.6 Å². The van der Waals surface area contributed by atoms with Gasteiger partial charge in [0, 0.05) is 30.4 Å². The maximum Gasteiger partial charge on any atom is 0.226 e. The molecule has 0 fully saturated rings. The number of para-hydroxylation sites is 1. The molecule has 0 saturated heterocycles. The van der Waals surface area contributed by atoms with Crippen LogP contribution in [0.4, 0.5) is 11.4 Å². The van der Waals surface area contributed by atoms with Crippen molar-refractivity contribution in [1.29, 1.82) is 0 Å². The number of rotatable bonds is 5. The van der Waals surface area contributed by atoms with Crippen LogP contribution in [0.15, 0.2) is 36.4 Å². The molecule has 0 radical (unpaired) electrons. The topological polar surface area (TPSA) is 59.6 Å². The van der Waals surface area contributed by atoms with E-state index in [9.17, 15) is 4.79 Å². The molecule has 0 atom stereocenters. The summed E-state index contributed by atoms with van der Waals surface area (Å²) in [6.45, 7) is 5.69. The Bertz CT molecular complexity index is 723. The van der Waals surface area contributed by atoms with Crippen LogP contribution >= 0.6 is 0 Å². The molecule has 2 aromatic rings. The van der Waals surface area contributed by atoms with Crippen LogP contribution in [0.2, 0.25) is 0 Å². The van der Waals surface area contributed by atoms with Gasteiger partial charge >= 0.3 is 0 Å². The number of carbonyl (C=O) groups excluding carboxylic acids is 1. The molecule has 0 unspecified atom stereocenters. The van der Waals surface area contributed by atoms with E-state index in [0.29, 0.717) is 26.2 Å². The Labute approximate surface area is 142 Å². The normalized spacial score (nSPS) is 12.6. The van der Waals surface area contributed by atoms with Crippen molar-refractivity contribution in [1.82, 2.24) is 0 Å². The van der Waals surface area contributed by atoms with Gasteiger partial charge in [0.25, 0.3) is 0 Å². The number of anilines is 2. The van der Waals surface area contributed by atoms with Gasteiger partial charge in [0.2, 0.25) is 5.91 Å². The number of hydrogen-bond acceptors (Lipinski definition) is 4. The first-order chi connectivity index (χ1) is 11.6. The standard InChI is InChI=1S/C19H22N2O3/c1-13-4-3-5-14(2)19(13)21-18(22)8-9-20-15-6-7-16-17(12-15)24-11-10-23-16/h3-7,12,20H,8-11H2,1-2H3,(H,21,22). The number of aryl methyl sites for hydroxylation is 2. The van der Waals surface area contributed by atoms with Crippen molar-refractivity contribution in [2.24, 2.45) is 0 Å². The first-order valence-corrected chi connectivity index (χ1v) is 8.13. The summed E-state index contributed by atoms with van der Waals surface area (Å²) in [5.41, 5.74) is 3.97. The van der Waals surface area contributed by atoms with Gasteiger partial charge < -0.3 is 20.1 Å². The van der Waals surface area contributed by atoms with Crippen LogP contribution in [0, 0.1) is 13.8 Å². The molecule has 126 valence electrons. The lowest BCUT2D eigenvalue weighted by Gasteiger charge is -2.19. The molecule has 3 rings (SSSR count). The van der Waals surface area contributed by atoms with Crippen molar-refractivity contribution in [2.45, 2.75) is 20.3 Å². The molecular weight excluding hydrogens is 304 g/mol. The van der Waals surface area contributed by atoms with Gasteiger partial charge in [-0.15, -0.1) is 0 Å². The molecule has 1 aliphatic heterocycles. The molecule has 0 spiro atoms. The largest absolute Gasteiger partial charge is 0.486 e. The highest BCUT2D eigenvalue weighted by molar-refractivity contribution is 5.92. The van der Waals surface area contributed by atoms with Gasteiger partial charge in [-0.2, -0.15) is 0 Å². The second-order valence-corrected chi connectivity index (χ2v) is 5.85. The van der Waals surface area contributed by atoms with Gasteiger partial charge in [0.1, 0.15) is 13.2 Å². The van der Waals surface area contributed by atoms with E-state index in [1.807, 2.05) is 50.2 Å². The van der Waals surface area contributed by atoms with E-state index >= 15 is 0 Å². The van der Waals surface area contributed by atoms with Crippen molar-refractivity contribution in [2.75, 3.05) is 30.4 Å². The van der Waals surface area contributed by atoms with Crippen molar-refractivity contribution >= 4 is 17.3 Å². The van der Waals surface area contributed by atoms with E-state index in [1.54, 1.807) is 0 Å². The molecule has 1 amide bonds. The fourth-order valence-corrected chi connectivity index (χ4v) is 2.69. The van der Waals surface area contributed by atoms with Gasteiger partial charge in [-0.05, 0) is 37.1 Å². The quantitative estimate of drug-likeness (QED) is 0.883. The highest BCUT2D eigenvalue weighted by Gasteiger charge is 2.12. The minimum absolute atomic E-state index is 0.00237. The van der Waals surface area contributed by atoms with Gasteiger partial charge in [-0.1, -0.05) is 18.2 Å². The predicted octanol–water partition coefficient (Wildman–Crippen LogP) is 3.52. The zero-order chi connectivity index (χ0) is 16.9. The molecule has 0 aromatic heterocycles. The summed E-state index contributed by atoms with van der Waals surface area (Å²) in [6.07, 6.45) is 0.391. The molecule has 2 N–H and O–H groups in total. The van der Waals surface area contributed by atoms with Crippen LogP contribution < -0.4 is 20.1 Å². The molecule has 1 aliphatic rings. The van der Waals surface area contributed by atoms with Crippen molar-refractivity contribution < 1.29 is 14.3 Å². The number of fused-ring (bicyclic) bond motifs is 1. The smallest absolute Gasteiger partial charge is 0.226 e. The second kappa shape index (κ2) is 7.25. The second-order valence-electron chi connectivity index (χ2n) is 5.85. The monoisotopic (exact) mass is 326 g/mol.